The highest BCUT2D eigenvalue weighted by Gasteiger charge is 2.33. The second kappa shape index (κ2) is 22.8. The molecule has 0 saturated heterocycles. The highest BCUT2D eigenvalue weighted by molar-refractivity contribution is 6.38. The summed E-state index contributed by atoms with van der Waals surface area (Å²) in [6, 6.07) is 12.2. The molecule has 0 radical (unpaired) electrons. The average molecular weight is 1050 g/mol. The van der Waals surface area contributed by atoms with Gasteiger partial charge in [-0.1, -0.05) is 72.4 Å². The Hall–Kier alpha value is -6.74. The number of anilines is 4. The molecule has 0 saturated carbocycles. The molecule has 0 aliphatic heterocycles. The number of rotatable bonds is 16. The van der Waals surface area contributed by atoms with Crippen molar-refractivity contribution in [2.24, 2.45) is 20.5 Å². The molecule has 5 rings (SSSR count). The van der Waals surface area contributed by atoms with E-state index < -0.39 is 80.8 Å². The van der Waals surface area contributed by atoms with Crippen molar-refractivity contribution < 1.29 is 55.1 Å². The summed E-state index contributed by atoms with van der Waals surface area (Å²) in [5.74, 6) is -5.01. The second-order valence-electron chi connectivity index (χ2n) is 14.9. The Bertz CT molecular complexity index is 2940. The summed E-state index contributed by atoms with van der Waals surface area (Å²) in [6.07, 6.45) is -8.78. The molecule has 5 aromatic carbocycles. The zero-order valence-corrected chi connectivity index (χ0v) is 39.7. The molecule has 0 heterocycles. The molecule has 0 aliphatic rings. The zero-order chi connectivity index (χ0) is 51.8. The fraction of sp³-hybridized carbons (Fsp3) is 0.217. The number of Topliss-reactive ketones (excluding diaryl/α,β-unsaturated/α-hetero) is 2. The lowest BCUT2D eigenvalue weighted by Gasteiger charge is -2.19. The summed E-state index contributed by atoms with van der Waals surface area (Å²) in [5.41, 5.74) is -1.54. The molecule has 0 aliphatic carbocycles. The maximum Gasteiger partial charge on any atom is 0.416 e. The van der Waals surface area contributed by atoms with Crippen LogP contribution in [0.25, 0.3) is 0 Å². The Morgan fingerprint density at radius 3 is 1.27 bits per heavy atom. The molecule has 14 nitrogen and oxygen atoms in total. The van der Waals surface area contributed by atoms with E-state index in [1.807, 2.05) is 0 Å². The predicted octanol–water partition coefficient (Wildman–Crippen LogP) is 13.3. The maximum atomic E-state index is 13.7. The van der Waals surface area contributed by atoms with Crippen LogP contribution in [0.15, 0.2) is 105 Å². The normalized spacial score (nSPS) is 12.7. The Labute approximate surface area is 414 Å². The van der Waals surface area contributed by atoms with Crippen LogP contribution >= 0.6 is 46.4 Å². The first kappa shape index (κ1) is 54.2. The molecule has 2 atom stereocenters. The van der Waals surface area contributed by atoms with E-state index in [9.17, 15) is 55.1 Å². The first-order chi connectivity index (χ1) is 32.8. The van der Waals surface area contributed by atoms with Gasteiger partial charge in [-0.05, 0) is 111 Å². The van der Waals surface area contributed by atoms with Gasteiger partial charge in [0.1, 0.15) is 11.4 Å². The number of hydrogen-bond donors (Lipinski definition) is 4. The summed E-state index contributed by atoms with van der Waals surface area (Å²) < 4.78 is 78.5. The first-order valence-corrected chi connectivity index (χ1v) is 21.9. The van der Waals surface area contributed by atoms with Crippen LogP contribution in [0.1, 0.15) is 70.7 Å². The number of halogens is 10. The number of hydrogen-bond acceptors (Lipinski definition) is 10. The standard InChI is InChI=1S/C46H36Cl4F6N8O6/c1-5-23-17-27(57-43(69)38(21(3)65)63-61-34-11-7-9-28(36(34)49)41(67)58-32-15-13-25(19-30(32)47)45(51,52)53)18-24(6-2)40(23)60-44(70)39(22(4)66)64-62-35-12-8-10-29(37(35)50)42(68)59-33-16-14-26(20-31(33)48)46(54,55)56/h7-20,38-39H,5-6H2,1-4H3,(H,57,69)(H,58,67)(H,59,68)(H,60,70). The molecule has 0 spiro atoms. The number of carbonyl (C=O) groups is 6. The van der Waals surface area contributed by atoms with E-state index in [1.54, 1.807) is 13.8 Å². The molecule has 5 aromatic rings. The number of ketones is 2. The van der Waals surface area contributed by atoms with Gasteiger partial charge < -0.3 is 21.3 Å². The predicted molar refractivity (Wildman–Crippen MR) is 252 cm³/mol. The Morgan fingerprint density at radius 1 is 0.543 bits per heavy atom. The van der Waals surface area contributed by atoms with E-state index >= 15 is 0 Å². The number of amides is 4. The van der Waals surface area contributed by atoms with Crippen molar-refractivity contribution in [3.63, 3.8) is 0 Å². The smallest absolute Gasteiger partial charge is 0.324 e. The largest absolute Gasteiger partial charge is 0.416 e. The van der Waals surface area contributed by atoms with Crippen LogP contribution in [-0.2, 0) is 44.4 Å². The maximum absolute atomic E-state index is 13.7. The van der Waals surface area contributed by atoms with Crippen molar-refractivity contribution in [2.75, 3.05) is 21.3 Å². The summed E-state index contributed by atoms with van der Waals surface area (Å²) in [6.45, 7) is 5.68. The van der Waals surface area contributed by atoms with Crippen LogP contribution < -0.4 is 21.3 Å². The first-order valence-electron chi connectivity index (χ1n) is 20.4. The lowest BCUT2D eigenvalue weighted by Crippen LogP contribution is -2.33. The topological polar surface area (TPSA) is 200 Å². The van der Waals surface area contributed by atoms with E-state index in [2.05, 4.69) is 41.7 Å². The van der Waals surface area contributed by atoms with E-state index in [0.29, 0.717) is 23.3 Å². The average Bonchev–Trinajstić information content (AvgIpc) is 3.28. The van der Waals surface area contributed by atoms with Crippen LogP contribution in [0.3, 0.4) is 0 Å². The number of alkyl halides is 6. The lowest BCUT2D eigenvalue weighted by atomic mass is 10.0. The van der Waals surface area contributed by atoms with E-state index in [0.717, 1.165) is 38.1 Å². The van der Waals surface area contributed by atoms with Gasteiger partial charge in [0.2, 0.25) is 12.1 Å². The monoisotopic (exact) mass is 1050 g/mol. The van der Waals surface area contributed by atoms with Crippen molar-refractivity contribution in [1.29, 1.82) is 0 Å². The molecule has 4 N–H and O–H groups in total. The summed E-state index contributed by atoms with van der Waals surface area (Å²) >= 11 is 24.9. The van der Waals surface area contributed by atoms with E-state index in [-0.39, 0.29) is 68.1 Å². The van der Waals surface area contributed by atoms with Gasteiger partial charge in [0.05, 0.1) is 53.7 Å². The fourth-order valence-corrected chi connectivity index (χ4v) is 7.30. The highest BCUT2D eigenvalue weighted by Crippen LogP contribution is 2.37. The van der Waals surface area contributed by atoms with Gasteiger partial charge in [0.25, 0.3) is 23.6 Å². The van der Waals surface area contributed by atoms with Crippen LogP contribution in [0.5, 0.6) is 0 Å². The SMILES string of the molecule is CCc1cc(NC(=O)C(N=Nc2cccc(C(=O)Nc3ccc(C(F)(F)F)cc3Cl)c2Cl)C(C)=O)cc(CC)c1NC(=O)C(N=Nc1cccc(C(=O)Nc2ccc(C(F)(F)F)cc2Cl)c1Cl)C(C)=O. The summed E-state index contributed by atoms with van der Waals surface area (Å²) in [4.78, 5) is 78.8. The minimum atomic E-state index is -4.67. The van der Waals surface area contributed by atoms with Gasteiger partial charge in [0.15, 0.2) is 11.6 Å². The number of nitrogens with zero attached hydrogens (tertiary/aromatic N) is 4. The third-order valence-electron chi connectivity index (χ3n) is 9.94. The quantitative estimate of drug-likeness (QED) is 0.0430. The van der Waals surface area contributed by atoms with Gasteiger partial charge in [0, 0.05) is 11.4 Å². The molecule has 0 bridgehead atoms. The Morgan fingerprint density at radius 2 is 0.929 bits per heavy atom. The van der Waals surface area contributed by atoms with Gasteiger partial charge in [-0.15, -0.1) is 0 Å². The third kappa shape index (κ3) is 13.3. The zero-order valence-electron chi connectivity index (χ0n) is 36.7. The van der Waals surface area contributed by atoms with Crippen LogP contribution in [0, 0.1) is 0 Å². The molecule has 70 heavy (non-hydrogen) atoms. The minimum Gasteiger partial charge on any atom is -0.324 e. The number of benzene rings is 5. The lowest BCUT2D eigenvalue weighted by molar-refractivity contribution is -0.138. The van der Waals surface area contributed by atoms with Crippen molar-refractivity contribution in [3.05, 3.63) is 138 Å². The number of aryl methyl sites for hydroxylation is 2. The van der Waals surface area contributed by atoms with Gasteiger partial charge in [-0.25, -0.2) is 0 Å². The molecular weight excluding hydrogens is 1020 g/mol. The Kier molecular flexibility index (Phi) is 17.6. The summed E-state index contributed by atoms with van der Waals surface area (Å²) in [5, 5.41) is 24.5. The van der Waals surface area contributed by atoms with Crippen LogP contribution in [0.2, 0.25) is 20.1 Å². The number of nitrogens with one attached hydrogen (secondary N) is 4. The Balaban J connectivity index is 1.30. The van der Waals surface area contributed by atoms with Crippen LogP contribution in [-0.4, -0.2) is 47.3 Å². The van der Waals surface area contributed by atoms with E-state index in [1.165, 1.54) is 48.5 Å². The molecule has 2 unspecified atom stereocenters. The summed E-state index contributed by atoms with van der Waals surface area (Å²) in [7, 11) is 0. The van der Waals surface area contributed by atoms with Gasteiger partial charge in [-0.2, -0.15) is 46.8 Å². The van der Waals surface area contributed by atoms with Crippen LogP contribution in [0.4, 0.5) is 60.5 Å². The van der Waals surface area contributed by atoms with Crippen molar-refractivity contribution >= 4 is 116 Å². The highest BCUT2D eigenvalue weighted by atomic mass is 35.5. The fourth-order valence-electron chi connectivity index (χ4n) is 6.35. The molecule has 0 aromatic heterocycles. The third-order valence-corrected chi connectivity index (χ3v) is 11.4. The molecule has 24 heteroatoms. The number of carbonyl (C=O) groups excluding carboxylic acids is 6. The van der Waals surface area contributed by atoms with Crippen molar-refractivity contribution in [3.8, 4) is 0 Å². The van der Waals surface area contributed by atoms with Crippen molar-refractivity contribution in [2.45, 2.75) is 65.0 Å². The number of azo groups is 2. The van der Waals surface area contributed by atoms with Gasteiger partial charge in [-0.3, -0.25) is 28.8 Å². The second-order valence-corrected chi connectivity index (χ2v) is 16.5. The molecule has 366 valence electrons. The van der Waals surface area contributed by atoms with Crippen molar-refractivity contribution in [1.82, 2.24) is 0 Å². The van der Waals surface area contributed by atoms with E-state index in [4.69, 9.17) is 46.4 Å². The molecule has 0 fully saturated rings. The molecular formula is C46H36Cl4F6N8O6. The van der Waals surface area contributed by atoms with Gasteiger partial charge >= 0.3 is 12.4 Å². The minimum absolute atomic E-state index is 0.136. The molecule has 4 amide bonds.